The Kier molecular flexibility index (Phi) is 51.3. The van der Waals surface area contributed by atoms with Crippen molar-refractivity contribution in [2.45, 2.75) is 311 Å². The fourth-order valence-corrected chi connectivity index (χ4v) is 11.2. The second-order valence-electron chi connectivity index (χ2n) is 25.3. The molecule has 552 valence electrons. The highest BCUT2D eigenvalue weighted by molar-refractivity contribution is 5.76. The molecule has 3 aliphatic rings. The molecule has 0 bridgehead atoms. The fourth-order valence-electron chi connectivity index (χ4n) is 11.2. The molecule has 0 saturated carbocycles. The predicted octanol–water partition coefficient (Wildman–Crippen LogP) is 10.7. The van der Waals surface area contributed by atoms with Crippen LogP contribution < -0.4 is 5.32 Å². The first-order chi connectivity index (χ1) is 47.3. The first-order valence-corrected chi connectivity index (χ1v) is 36.6. The third-order valence-electron chi connectivity index (χ3n) is 17.1. The van der Waals surface area contributed by atoms with Crippen molar-refractivity contribution in [1.29, 1.82) is 0 Å². The van der Waals surface area contributed by atoms with Gasteiger partial charge in [-0.15, -0.1) is 0 Å². The number of unbranched alkanes of at least 4 members (excludes halogenated alkanes) is 16. The molecule has 97 heavy (non-hydrogen) atoms. The molecule has 3 fully saturated rings. The number of aliphatic hydroxyl groups is 11. The molecule has 17 unspecified atom stereocenters. The maximum absolute atomic E-state index is 13.4. The topological polar surface area (TPSA) is 307 Å². The average molecular weight is 1370 g/mol. The van der Waals surface area contributed by atoms with Crippen LogP contribution in [0, 0.1) is 0 Å². The Bertz CT molecular complexity index is 2320. The van der Waals surface area contributed by atoms with Crippen molar-refractivity contribution in [3.8, 4) is 0 Å². The lowest BCUT2D eigenvalue weighted by molar-refractivity contribution is -0.379. The van der Waals surface area contributed by atoms with Crippen LogP contribution in [-0.2, 0) is 33.2 Å². The SMILES string of the molecule is CC/C=C\C/C=C\C/C=C\C/C=C\C/C=C\C/C=C\C/C=C\C/C=C\C/C=C\CCCCCCCCCCCCCC(=O)NC(COC1OC(CO)C(OC2OC(CO)C(OC3OC(CO)C(O)C(O)C3O)C(O)C2O)C(O)C1O)C(O)/C=C/CC/C=C/CC/C=C/CCCCC. The zero-order valence-electron chi connectivity index (χ0n) is 58.5. The van der Waals surface area contributed by atoms with Crippen molar-refractivity contribution in [3.63, 3.8) is 0 Å². The normalized spacial score (nSPS) is 27.8. The number of aliphatic hydroxyl groups excluding tert-OH is 11. The zero-order valence-corrected chi connectivity index (χ0v) is 58.5. The Morgan fingerprint density at radius 1 is 0.381 bits per heavy atom. The summed E-state index contributed by atoms with van der Waals surface area (Å²) in [6.07, 6.45) is 55.6. The molecular weight excluding hydrogens is 1240 g/mol. The Labute approximate surface area is 581 Å². The summed E-state index contributed by atoms with van der Waals surface area (Å²) in [6, 6.07) is -1.01. The second kappa shape index (κ2) is 57.3. The molecule has 0 aromatic rings. The molecule has 17 atom stereocenters. The minimum atomic E-state index is -1.99. The van der Waals surface area contributed by atoms with Gasteiger partial charge in [0.25, 0.3) is 0 Å². The second-order valence-corrected chi connectivity index (χ2v) is 25.3. The molecule has 19 nitrogen and oxygen atoms in total. The number of rotatable bonds is 54. The van der Waals surface area contributed by atoms with E-state index >= 15 is 0 Å². The zero-order chi connectivity index (χ0) is 70.4. The van der Waals surface area contributed by atoms with Gasteiger partial charge in [-0.1, -0.05) is 230 Å². The maximum atomic E-state index is 13.4. The number of hydrogen-bond donors (Lipinski definition) is 12. The number of ether oxygens (including phenoxy) is 6. The van der Waals surface area contributed by atoms with Gasteiger partial charge in [-0.25, -0.2) is 0 Å². The van der Waals surface area contributed by atoms with Gasteiger partial charge in [0.15, 0.2) is 18.9 Å². The first-order valence-electron chi connectivity index (χ1n) is 36.6. The van der Waals surface area contributed by atoms with Crippen molar-refractivity contribution in [2.24, 2.45) is 0 Å². The van der Waals surface area contributed by atoms with Crippen LogP contribution >= 0.6 is 0 Å². The molecule has 19 heteroatoms. The lowest BCUT2D eigenvalue weighted by atomic mass is 9.96. The third kappa shape index (κ3) is 38.3. The molecule has 0 radical (unpaired) electrons. The Morgan fingerprint density at radius 3 is 1.15 bits per heavy atom. The number of allylic oxidation sites excluding steroid dienone is 23. The molecule has 3 rings (SSSR count). The summed E-state index contributed by atoms with van der Waals surface area (Å²) in [5.41, 5.74) is 0. The van der Waals surface area contributed by atoms with E-state index < -0.39 is 124 Å². The lowest BCUT2D eigenvalue weighted by Crippen LogP contribution is -2.66. The minimum absolute atomic E-state index is 0.219. The lowest BCUT2D eigenvalue weighted by Gasteiger charge is -2.48. The molecular formula is C78H127NO18. The molecule has 0 spiro atoms. The highest BCUT2D eigenvalue weighted by Crippen LogP contribution is 2.33. The van der Waals surface area contributed by atoms with Crippen molar-refractivity contribution < 1.29 is 89.4 Å². The van der Waals surface area contributed by atoms with E-state index in [2.05, 4.69) is 153 Å². The predicted molar refractivity (Wildman–Crippen MR) is 382 cm³/mol. The molecule has 3 aliphatic heterocycles. The first kappa shape index (κ1) is 86.9. The van der Waals surface area contributed by atoms with E-state index in [4.69, 9.17) is 28.4 Å². The minimum Gasteiger partial charge on any atom is -0.394 e. The molecule has 0 aromatic carbocycles. The van der Waals surface area contributed by atoms with E-state index in [1.165, 1.54) is 57.8 Å². The van der Waals surface area contributed by atoms with Gasteiger partial charge in [-0.3, -0.25) is 4.79 Å². The van der Waals surface area contributed by atoms with Crippen LogP contribution in [0.15, 0.2) is 146 Å². The highest BCUT2D eigenvalue weighted by Gasteiger charge is 2.53. The van der Waals surface area contributed by atoms with Gasteiger partial charge in [0.05, 0.1) is 38.6 Å². The van der Waals surface area contributed by atoms with Gasteiger partial charge < -0.3 is 89.9 Å². The number of hydrogen-bond acceptors (Lipinski definition) is 18. The van der Waals surface area contributed by atoms with E-state index in [1.807, 2.05) is 6.08 Å². The Balaban J connectivity index is 1.34. The van der Waals surface area contributed by atoms with Crippen molar-refractivity contribution in [1.82, 2.24) is 5.32 Å². The van der Waals surface area contributed by atoms with E-state index in [9.17, 15) is 61.0 Å². The summed E-state index contributed by atoms with van der Waals surface area (Å²) in [4.78, 5) is 13.4. The van der Waals surface area contributed by atoms with Crippen molar-refractivity contribution in [3.05, 3.63) is 146 Å². The quantitative estimate of drug-likeness (QED) is 0.0199. The Morgan fingerprint density at radius 2 is 0.722 bits per heavy atom. The van der Waals surface area contributed by atoms with E-state index in [1.54, 1.807) is 6.08 Å². The molecule has 3 heterocycles. The number of carbonyl (C=O) groups excluding carboxylic acids is 1. The Hall–Kier alpha value is -4.33. The smallest absolute Gasteiger partial charge is 0.220 e. The fraction of sp³-hybridized carbons (Fsp3) is 0.679. The average Bonchev–Trinajstić information content (AvgIpc) is 0.809. The van der Waals surface area contributed by atoms with Gasteiger partial charge in [-0.2, -0.15) is 0 Å². The van der Waals surface area contributed by atoms with Gasteiger partial charge in [0.2, 0.25) is 5.91 Å². The monoisotopic (exact) mass is 1370 g/mol. The van der Waals surface area contributed by atoms with E-state index in [0.29, 0.717) is 12.8 Å². The summed E-state index contributed by atoms with van der Waals surface area (Å²) >= 11 is 0. The number of amides is 1. The summed E-state index contributed by atoms with van der Waals surface area (Å²) in [6.45, 7) is 1.52. The summed E-state index contributed by atoms with van der Waals surface area (Å²) in [5.74, 6) is -0.301. The van der Waals surface area contributed by atoms with Crippen LogP contribution in [0.3, 0.4) is 0 Å². The molecule has 0 aliphatic carbocycles. The van der Waals surface area contributed by atoms with Crippen molar-refractivity contribution >= 4 is 5.91 Å². The van der Waals surface area contributed by atoms with Gasteiger partial charge in [-0.05, 0) is 116 Å². The summed E-state index contributed by atoms with van der Waals surface area (Å²) in [7, 11) is 0. The van der Waals surface area contributed by atoms with Crippen LogP contribution in [0.1, 0.15) is 206 Å². The summed E-state index contributed by atoms with van der Waals surface area (Å²) < 4.78 is 34.3. The van der Waals surface area contributed by atoms with Crippen LogP contribution in [0.4, 0.5) is 0 Å². The standard InChI is InChI=1S/C78H127NO18/c1-3-5-7-9-11-13-15-17-18-19-20-21-22-23-24-25-26-27-28-29-30-31-32-33-34-35-36-37-38-39-40-41-42-44-46-48-50-52-54-56-66(84)79-61(62(83)55-53-51-49-47-45-43-16-14-12-10-8-6-4-2)60-92-76-72(90)69(87)74(64(58-81)94-76)97-78-73(91)70(88)75(65(59-82)95-78)96-77-71(89)68(86)67(85)63(57-80)93-77/h5,7,11-14,17-18,20-21,23-24,26-27,29-30,32-33,35-36,45,47,53,55,61-65,67-78,80-83,85-91H,3-4,6,8-10,15-16,19,22,25,28,31,34,37-44,46,48-52,54,56-60H2,1-2H3,(H,79,84)/b7-5-,13-11-,14-12+,18-17-,21-20-,24-23-,27-26-,30-29-,33-32-,36-35-,47-45+,55-53+. The number of carbonyl (C=O) groups is 1. The van der Waals surface area contributed by atoms with Crippen molar-refractivity contribution in [2.75, 3.05) is 26.4 Å². The van der Waals surface area contributed by atoms with Crippen LogP contribution in [-0.4, -0.2) is 193 Å². The number of nitrogens with one attached hydrogen (secondary N) is 1. The van der Waals surface area contributed by atoms with Gasteiger partial charge in [0, 0.05) is 6.42 Å². The van der Waals surface area contributed by atoms with Crippen LogP contribution in [0.2, 0.25) is 0 Å². The molecule has 3 saturated heterocycles. The summed E-state index contributed by atoms with van der Waals surface area (Å²) in [5, 5.41) is 120. The van der Waals surface area contributed by atoms with Crippen LogP contribution in [0.25, 0.3) is 0 Å². The third-order valence-corrected chi connectivity index (χ3v) is 17.1. The molecule has 0 aromatic heterocycles. The highest BCUT2D eigenvalue weighted by atomic mass is 16.8. The molecule has 1 amide bonds. The van der Waals surface area contributed by atoms with Crippen LogP contribution in [0.5, 0.6) is 0 Å². The van der Waals surface area contributed by atoms with Gasteiger partial charge >= 0.3 is 0 Å². The van der Waals surface area contributed by atoms with E-state index in [-0.39, 0.29) is 18.9 Å². The maximum Gasteiger partial charge on any atom is 0.220 e. The van der Waals surface area contributed by atoms with Gasteiger partial charge in [0.1, 0.15) is 73.2 Å². The molecule has 12 N–H and O–H groups in total. The van der Waals surface area contributed by atoms with E-state index in [0.717, 1.165) is 116 Å². The largest absolute Gasteiger partial charge is 0.394 e.